The third-order valence-electron chi connectivity index (χ3n) is 3.32. The molecule has 0 radical (unpaired) electrons. The Morgan fingerprint density at radius 3 is 3.00 bits per heavy atom. The van der Waals surface area contributed by atoms with Crippen molar-refractivity contribution in [2.75, 3.05) is 12.3 Å². The molecule has 0 aromatic carbocycles. The smallest absolute Gasteiger partial charge is 0.326 e. The van der Waals surface area contributed by atoms with Crippen LogP contribution in [-0.4, -0.2) is 40.2 Å². The van der Waals surface area contributed by atoms with Crippen LogP contribution in [0, 0.1) is 5.92 Å². The Labute approximate surface area is 120 Å². The SMILES string of the molecule is CC1CCN(C(=O)CSCc2cccs2)C1C(=O)O. The number of likely N-dealkylation sites (tertiary alicyclic amines) is 1. The lowest BCUT2D eigenvalue weighted by Crippen LogP contribution is -2.43. The van der Waals surface area contributed by atoms with Gasteiger partial charge in [-0.15, -0.1) is 23.1 Å². The molecule has 0 saturated carbocycles. The Hall–Kier alpha value is -1.01. The lowest BCUT2D eigenvalue weighted by atomic mass is 10.0. The van der Waals surface area contributed by atoms with Crippen LogP contribution in [0.1, 0.15) is 18.2 Å². The first-order valence-corrected chi connectivity index (χ1v) is 8.25. The summed E-state index contributed by atoms with van der Waals surface area (Å²) < 4.78 is 0. The molecule has 104 valence electrons. The first kappa shape index (κ1) is 14.4. The number of carbonyl (C=O) groups excluding carboxylic acids is 1. The van der Waals surface area contributed by atoms with E-state index in [1.54, 1.807) is 23.1 Å². The van der Waals surface area contributed by atoms with Gasteiger partial charge in [-0.2, -0.15) is 0 Å². The Balaban J connectivity index is 1.84. The number of amides is 1. The molecule has 1 aliphatic rings. The van der Waals surface area contributed by atoms with E-state index in [2.05, 4.69) is 0 Å². The molecule has 1 aliphatic heterocycles. The van der Waals surface area contributed by atoms with Crippen LogP contribution in [0.2, 0.25) is 0 Å². The van der Waals surface area contributed by atoms with Crippen molar-refractivity contribution in [3.8, 4) is 0 Å². The minimum absolute atomic E-state index is 0.0451. The standard InChI is InChI=1S/C13H17NO3S2/c1-9-4-5-14(12(9)13(16)17)11(15)8-18-7-10-3-2-6-19-10/h2-3,6,9,12H,4-5,7-8H2,1H3,(H,16,17). The first-order valence-electron chi connectivity index (χ1n) is 6.22. The Morgan fingerprint density at radius 1 is 1.58 bits per heavy atom. The zero-order valence-electron chi connectivity index (χ0n) is 10.7. The number of nitrogens with zero attached hydrogens (tertiary/aromatic N) is 1. The number of thioether (sulfide) groups is 1. The molecule has 1 fully saturated rings. The maximum atomic E-state index is 12.1. The van der Waals surface area contributed by atoms with Gasteiger partial charge in [0.1, 0.15) is 6.04 Å². The van der Waals surface area contributed by atoms with Gasteiger partial charge in [0.2, 0.25) is 5.91 Å². The fourth-order valence-corrected chi connectivity index (χ4v) is 4.07. The van der Waals surface area contributed by atoms with Crippen LogP contribution in [0.15, 0.2) is 17.5 Å². The quantitative estimate of drug-likeness (QED) is 0.906. The highest BCUT2D eigenvalue weighted by Crippen LogP contribution is 2.25. The maximum absolute atomic E-state index is 12.1. The van der Waals surface area contributed by atoms with Crippen molar-refractivity contribution in [2.24, 2.45) is 5.92 Å². The minimum Gasteiger partial charge on any atom is -0.480 e. The summed E-state index contributed by atoms with van der Waals surface area (Å²) >= 11 is 3.22. The summed E-state index contributed by atoms with van der Waals surface area (Å²) in [6, 6.07) is 3.39. The van der Waals surface area contributed by atoms with E-state index in [0.29, 0.717) is 12.3 Å². The highest BCUT2D eigenvalue weighted by molar-refractivity contribution is 7.99. The molecule has 2 atom stereocenters. The summed E-state index contributed by atoms with van der Waals surface area (Å²) in [6.07, 6.45) is 0.776. The van der Waals surface area contributed by atoms with E-state index >= 15 is 0 Å². The predicted octanol–water partition coefficient (Wildman–Crippen LogP) is 2.30. The predicted molar refractivity (Wildman–Crippen MR) is 77.4 cm³/mol. The molecule has 2 heterocycles. The number of carboxylic acid groups (broad SMARTS) is 1. The van der Waals surface area contributed by atoms with Gasteiger partial charge in [-0.25, -0.2) is 4.79 Å². The number of rotatable bonds is 5. The van der Waals surface area contributed by atoms with Crippen LogP contribution < -0.4 is 0 Å². The summed E-state index contributed by atoms with van der Waals surface area (Å²) in [7, 11) is 0. The van der Waals surface area contributed by atoms with Gasteiger partial charge >= 0.3 is 5.97 Å². The van der Waals surface area contributed by atoms with Crippen LogP contribution in [0.25, 0.3) is 0 Å². The topological polar surface area (TPSA) is 57.6 Å². The Bertz CT molecular complexity index is 447. The summed E-state index contributed by atoms with van der Waals surface area (Å²) in [4.78, 5) is 26.0. The maximum Gasteiger partial charge on any atom is 0.326 e. The molecule has 0 bridgehead atoms. The molecule has 1 saturated heterocycles. The lowest BCUT2D eigenvalue weighted by molar-refractivity contribution is -0.148. The van der Waals surface area contributed by atoms with E-state index in [9.17, 15) is 14.7 Å². The third-order valence-corrected chi connectivity index (χ3v) is 5.35. The summed E-state index contributed by atoms with van der Waals surface area (Å²) in [6.45, 7) is 2.46. The number of carbonyl (C=O) groups is 2. The van der Waals surface area contributed by atoms with Crippen molar-refractivity contribution < 1.29 is 14.7 Å². The molecule has 2 rings (SSSR count). The summed E-state index contributed by atoms with van der Waals surface area (Å²) in [5, 5.41) is 11.2. The molecule has 4 nitrogen and oxygen atoms in total. The van der Waals surface area contributed by atoms with E-state index in [0.717, 1.165) is 12.2 Å². The largest absolute Gasteiger partial charge is 0.480 e. The van der Waals surface area contributed by atoms with Crippen molar-refractivity contribution in [2.45, 2.75) is 25.1 Å². The van der Waals surface area contributed by atoms with Crippen LogP contribution in [0.3, 0.4) is 0 Å². The molecule has 1 amide bonds. The van der Waals surface area contributed by atoms with Crippen molar-refractivity contribution in [3.05, 3.63) is 22.4 Å². The van der Waals surface area contributed by atoms with Crippen molar-refractivity contribution in [1.29, 1.82) is 0 Å². The number of aliphatic carboxylic acids is 1. The highest BCUT2D eigenvalue weighted by atomic mass is 32.2. The third kappa shape index (κ3) is 3.51. The average Bonchev–Trinajstić information content (AvgIpc) is 2.97. The number of hydrogen-bond acceptors (Lipinski definition) is 4. The minimum atomic E-state index is -0.887. The van der Waals surface area contributed by atoms with Gasteiger partial charge in [-0.3, -0.25) is 4.79 Å². The van der Waals surface area contributed by atoms with Crippen LogP contribution in [-0.2, 0) is 15.3 Å². The summed E-state index contributed by atoms with van der Waals surface area (Å²) in [5.74, 6) is 0.266. The summed E-state index contributed by atoms with van der Waals surface area (Å²) in [5.41, 5.74) is 0. The second kappa shape index (κ2) is 6.43. The van der Waals surface area contributed by atoms with Crippen LogP contribution in [0.5, 0.6) is 0 Å². The van der Waals surface area contributed by atoms with E-state index < -0.39 is 12.0 Å². The van der Waals surface area contributed by atoms with E-state index in [1.165, 1.54) is 9.78 Å². The molecule has 1 aromatic heterocycles. The van der Waals surface area contributed by atoms with Crippen molar-refractivity contribution in [3.63, 3.8) is 0 Å². The van der Waals surface area contributed by atoms with E-state index in [4.69, 9.17) is 0 Å². The van der Waals surface area contributed by atoms with Crippen LogP contribution in [0.4, 0.5) is 0 Å². The van der Waals surface area contributed by atoms with Crippen molar-refractivity contribution >= 4 is 35.0 Å². The molecular formula is C13H17NO3S2. The first-order chi connectivity index (χ1) is 9.09. The van der Waals surface area contributed by atoms with E-state index in [1.807, 2.05) is 24.4 Å². The second-order valence-corrected chi connectivity index (χ2v) is 6.73. The van der Waals surface area contributed by atoms with Gasteiger partial charge in [0.15, 0.2) is 0 Å². The monoisotopic (exact) mass is 299 g/mol. The van der Waals surface area contributed by atoms with Gasteiger partial charge in [-0.1, -0.05) is 13.0 Å². The van der Waals surface area contributed by atoms with Gasteiger partial charge < -0.3 is 10.0 Å². The fourth-order valence-electron chi connectivity index (χ4n) is 2.32. The van der Waals surface area contributed by atoms with Crippen LogP contribution >= 0.6 is 23.1 Å². The highest BCUT2D eigenvalue weighted by Gasteiger charge is 2.39. The van der Waals surface area contributed by atoms with Gasteiger partial charge in [0.25, 0.3) is 0 Å². The molecule has 2 unspecified atom stereocenters. The molecule has 6 heteroatoms. The van der Waals surface area contributed by atoms with E-state index in [-0.39, 0.29) is 11.8 Å². The zero-order valence-corrected chi connectivity index (χ0v) is 12.4. The lowest BCUT2D eigenvalue weighted by Gasteiger charge is -2.23. The normalized spacial score (nSPS) is 22.7. The number of hydrogen-bond donors (Lipinski definition) is 1. The molecule has 19 heavy (non-hydrogen) atoms. The average molecular weight is 299 g/mol. The Kier molecular flexibility index (Phi) is 4.87. The second-order valence-electron chi connectivity index (χ2n) is 4.71. The van der Waals surface area contributed by atoms with Gasteiger partial charge in [-0.05, 0) is 23.8 Å². The zero-order chi connectivity index (χ0) is 13.8. The van der Waals surface area contributed by atoms with Gasteiger partial charge in [0, 0.05) is 17.2 Å². The Morgan fingerprint density at radius 2 is 2.37 bits per heavy atom. The molecule has 0 aliphatic carbocycles. The molecular weight excluding hydrogens is 282 g/mol. The number of thiophene rings is 1. The molecule has 1 aromatic rings. The molecule has 0 spiro atoms. The molecule has 1 N–H and O–H groups in total. The fraction of sp³-hybridized carbons (Fsp3) is 0.538. The van der Waals surface area contributed by atoms with Gasteiger partial charge in [0.05, 0.1) is 5.75 Å². The number of carboxylic acids is 1. The van der Waals surface area contributed by atoms with Crippen molar-refractivity contribution in [1.82, 2.24) is 4.90 Å².